The number of fused-ring (bicyclic) bond motifs is 7. The summed E-state index contributed by atoms with van der Waals surface area (Å²) in [6.45, 7) is 13.7. The molecule has 1 amide bonds. The number of rotatable bonds is 2. The molecule has 0 aromatic rings. The number of carbonyl (C=O) groups is 2. The second-order valence-corrected chi connectivity index (χ2v) is 13.7. The van der Waals surface area contributed by atoms with Crippen LogP contribution in [0, 0.1) is 40.4 Å². The van der Waals surface area contributed by atoms with Gasteiger partial charge in [0.25, 0.3) is 0 Å². The molecule has 0 bridgehead atoms. The third-order valence-electron chi connectivity index (χ3n) is 11.7. The van der Waals surface area contributed by atoms with Crippen molar-refractivity contribution in [1.29, 1.82) is 0 Å². The average Bonchev–Trinajstić information content (AvgIpc) is 3.44. The smallest absolute Gasteiger partial charge is 0.302 e. The Labute approximate surface area is 217 Å². The minimum absolute atomic E-state index is 0.0607. The van der Waals surface area contributed by atoms with Crippen molar-refractivity contribution in [3.63, 3.8) is 0 Å². The van der Waals surface area contributed by atoms with Crippen LogP contribution >= 0.6 is 0 Å². The summed E-state index contributed by atoms with van der Waals surface area (Å²) in [6, 6.07) is 0.132. The van der Waals surface area contributed by atoms with Crippen molar-refractivity contribution in [2.24, 2.45) is 40.4 Å². The lowest BCUT2D eigenvalue weighted by Crippen LogP contribution is -2.50. The maximum atomic E-state index is 12.4. The Morgan fingerprint density at radius 2 is 1.89 bits per heavy atom. The van der Waals surface area contributed by atoms with Crippen LogP contribution in [0.25, 0.3) is 0 Å². The predicted octanol–water partition coefficient (Wildman–Crippen LogP) is 6.04. The van der Waals surface area contributed by atoms with Crippen molar-refractivity contribution in [1.82, 2.24) is 4.90 Å². The second-order valence-electron chi connectivity index (χ2n) is 13.7. The van der Waals surface area contributed by atoms with Gasteiger partial charge in [-0.2, -0.15) is 0 Å². The normalized spacial score (nSPS) is 47.4. The van der Waals surface area contributed by atoms with E-state index < -0.39 is 0 Å². The van der Waals surface area contributed by atoms with Gasteiger partial charge in [-0.05, 0) is 91.9 Å². The zero-order chi connectivity index (χ0) is 25.6. The molecule has 198 valence electrons. The summed E-state index contributed by atoms with van der Waals surface area (Å²) >= 11 is 0. The zero-order valence-corrected chi connectivity index (χ0v) is 23.1. The number of nitrogens with zero attached hydrogens (tertiary/aromatic N) is 1. The zero-order valence-electron chi connectivity index (χ0n) is 23.1. The summed E-state index contributed by atoms with van der Waals surface area (Å²) in [5.41, 5.74) is 3.52. The molecule has 2 aliphatic heterocycles. The molecule has 0 aromatic heterocycles. The molecule has 6 aliphatic rings. The lowest BCUT2D eigenvalue weighted by atomic mass is 9.47. The van der Waals surface area contributed by atoms with Crippen molar-refractivity contribution >= 4 is 11.9 Å². The minimum Gasteiger partial charge on any atom is -0.492 e. The first kappa shape index (κ1) is 24.6. The van der Waals surface area contributed by atoms with Crippen LogP contribution in [0.15, 0.2) is 23.0 Å². The maximum absolute atomic E-state index is 12.4. The first-order valence-corrected chi connectivity index (χ1v) is 14.5. The fourth-order valence-electron chi connectivity index (χ4n) is 10.2. The molecule has 4 aliphatic carbocycles. The summed E-state index contributed by atoms with van der Waals surface area (Å²) in [4.78, 5) is 26.0. The number of likely N-dealkylation sites (tertiary alicyclic amines) is 1. The van der Waals surface area contributed by atoms with Crippen LogP contribution < -0.4 is 0 Å². The third-order valence-corrected chi connectivity index (χ3v) is 11.7. The van der Waals surface area contributed by atoms with Crippen LogP contribution in [0.5, 0.6) is 0 Å². The molecule has 4 fully saturated rings. The van der Waals surface area contributed by atoms with E-state index in [4.69, 9.17) is 9.47 Å². The van der Waals surface area contributed by atoms with Gasteiger partial charge in [-0.15, -0.1) is 0 Å². The lowest BCUT2D eigenvalue weighted by molar-refractivity contribution is -0.148. The highest BCUT2D eigenvalue weighted by Crippen LogP contribution is 2.69. The number of ether oxygens (including phenoxy) is 2. The Hall–Kier alpha value is -1.78. The van der Waals surface area contributed by atoms with E-state index >= 15 is 0 Å². The van der Waals surface area contributed by atoms with Gasteiger partial charge in [-0.1, -0.05) is 32.4 Å². The largest absolute Gasteiger partial charge is 0.492 e. The van der Waals surface area contributed by atoms with E-state index in [2.05, 4.69) is 38.7 Å². The Kier molecular flexibility index (Phi) is 5.70. The van der Waals surface area contributed by atoms with E-state index in [1.54, 1.807) is 12.5 Å². The molecule has 10 atom stereocenters. The molecule has 3 saturated carbocycles. The summed E-state index contributed by atoms with van der Waals surface area (Å²) in [7, 11) is 0. The van der Waals surface area contributed by atoms with Gasteiger partial charge in [-0.25, -0.2) is 0 Å². The van der Waals surface area contributed by atoms with Crippen LogP contribution in [-0.2, 0) is 19.1 Å². The molecule has 0 N–H and O–H groups in total. The van der Waals surface area contributed by atoms with Crippen molar-refractivity contribution in [3.8, 4) is 0 Å². The number of carbonyl (C=O) groups excluding carboxylic acids is 2. The molecular weight excluding hydrogens is 450 g/mol. The number of amides is 1. The highest BCUT2D eigenvalue weighted by Gasteiger charge is 2.64. The Morgan fingerprint density at radius 3 is 2.61 bits per heavy atom. The molecule has 5 heteroatoms. The van der Waals surface area contributed by atoms with Gasteiger partial charge in [0.2, 0.25) is 5.91 Å². The Bertz CT molecular complexity index is 1030. The van der Waals surface area contributed by atoms with E-state index in [9.17, 15) is 9.59 Å². The predicted molar refractivity (Wildman–Crippen MR) is 139 cm³/mol. The van der Waals surface area contributed by atoms with Gasteiger partial charge in [-0.3, -0.25) is 9.59 Å². The van der Waals surface area contributed by atoms with E-state index in [-0.39, 0.29) is 41.0 Å². The Balaban J connectivity index is 1.25. The Morgan fingerprint density at radius 1 is 1.11 bits per heavy atom. The molecule has 0 spiro atoms. The maximum Gasteiger partial charge on any atom is 0.302 e. The highest BCUT2D eigenvalue weighted by molar-refractivity contribution is 5.74. The number of esters is 1. The molecule has 1 saturated heterocycles. The van der Waals surface area contributed by atoms with E-state index in [0.29, 0.717) is 23.7 Å². The first-order chi connectivity index (χ1) is 17.0. The number of allylic oxidation sites excluding steroid dienone is 1. The highest BCUT2D eigenvalue weighted by atomic mass is 16.5. The summed E-state index contributed by atoms with van der Waals surface area (Å²) in [5, 5.41) is 0. The molecule has 5 nitrogen and oxygen atoms in total. The van der Waals surface area contributed by atoms with Crippen molar-refractivity contribution in [2.45, 2.75) is 111 Å². The van der Waals surface area contributed by atoms with E-state index in [0.717, 1.165) is 56.7 Å². The van der Waals surface area contributed by atoms with Crippen LogP contribution in [-0.4, -0.2) is 41.6 Å². The standard InChI is InChI=1S/C31H45NO4/c1-17-13-26(32(16-17)19(3)33)29-18(2)28-27(36-29)15-25-23-8-7-21-14-22(35-20(4)34)9-11-30(21,5)24(23)10-12-31(25,28)6/h7,17,22-28H,8-16H2,1-6H3/t17-,22+,23+,24-,25+,26-,27+,28-,30+,31+/m1/s1. The van der Waals surface area contributed by atoms with Gasteiger partial charge < -0.3 is 14.4 Å². The van der Waals surface area contributed by atoms with Crippen LogP contribution in [0.1, 0.15) is 92.9 Å². The van der Waals surface area contributed by atoms with Crippen molar-refractivity contribution in [3.05, 3.63) is 23.0 Å². The molecule has 0 unspecified atom stereocenters. The summed E-state index contributed by atoms with van der Waals surface area (Å²) in [5.74, 6) is 4.31. The fraction of sp³-hybridized carbons (Fsp3) is 0.806. The first-order valence-electron chi connectivity index (χ1n) is 14.5. The molecule has 0 aromatic carbocycles. The van der Waals surface area contributed by atoms with Crippen molar-refractivity contribution in [2.75, 3.05) is 6.54 Å². The molecule has 2 heterocycles. The van der Waals surface area contributed by atoms with Gasteiger partial charge in [0.05, 0.1) is 6.04 Å². The monoisotopic (exact) mass is 495 g/mol. The van der Waals surface area contributed by atoms with Gasteiger partial charge in [0.15, 0.2) is 0 Å². The minimum atomic E-state index is -0.148. The van der Waals surface area contributed by atoms with Crippen molar-refractivity contribution < 1.29 is 19.1 Å². The topological polar surface area (TPSA) is 55.8 Å². The molecule has 36 heavy (non-hydrogen) atoms. The van der Waals surface area contributed by atoms with E-state index in [1.807, 2.05) is 0 Å². The second kappa shape index (κ2) is 8.36. The van der Waals surface area contributed by atoms with Crippen LogP contribution in [0.3, 0.4) is 0 Å². The quantitative estimate of drug-likeness (QED) is 0.346. The van der Waals surface area contributed by atoms with Gasteiger partial charge >= 0.3 is 5.97 Å². The molecular formula is C31H45NO4. The average molecular weight is 496 g/mol. The summed E-state index contributed by atoms with van der Waals surface area (Å²) < 4.78 is 12.5. The number of hydrogen-bond donors (Lipinski definition) is 0. The lowest BCUT2D eigenvalue weighted by Gasteiger charge is -2.58. The fourth-order valence-corrected chi connectivity index (χ4v) is 10.2. The third kappa shape index (κ3) is 3.46. The van der Waals surface area contributed by atoms with Crippen LogP contribution in [0.4, 0.5) is 0 Å². The van der Waals surface area contributed by atoms with Gasteiger partial charge in [0.1, 0.15) is 18.0 Å². The van der Waals surface area contributed by atoms with Gasteiger partial charge in [0, 0.05) is 32.7 Å². The SMILES string of the molecule is CC(=O)O[C@H]1CC[C@@]2(C)C(=CC[C@H]3[C@H]2CC[C@]2(C)[C@@H]4C(C)=C([C@H]5C[C@@H](C)CN5C(C)=O)O[C@H]4C[C@@H]32)C1. The van der Waals surface area contributed by atoms with E-state index in [1.165, 1.54) is 25.3 Å². The molecule has 0 radical (unpaired) electrons. The number of hydrogen-bond acceptors (Lipinski definition) is 4. The van der Waals surface area contributed by atoms with Crippen LogP contribution in [0.2, 0.25) is 0 Å². The summed E-state index contributed by atoms with van der Waals surface area (Å²) in [6.07, 6.45) is 11.8. The molecule has 6 rings (SSSR count).